The molecule has 0 aliphatic carbocycles. The van der Waals surface area contributed by atoms with Crippen LogP contribution in [0.15, 0.2) is 71.6 Å². The van der Waals surface area contributed by atoms with Crippen molar-refractivity contribution in [1.29, 1.82) is 0 Å². The standard InChI is InChI=1S/C19H13ClN4O4S/c20-13-3-8-16(9-4-13)29(27,28)23-14-5-1-12(2-6-14)19-21-17-10-7-15(24(25)26)11-18(17)22-19/h1-11,23H,(H,21,22). The number of H-pyrrole nitrogens is 1. The molecule has 0 aliphatic heterocycles. The van der Waals surface area contributed by atoms with Crippen molar-refractivity contribution in [2.24, 2.45) is 0 Å². The van der Waals surface area contributed by atoms with Gasteiger partial charge in [-0.15, -0.1) is 0 Å². The van der Waals surface area contributed by atoms with Crippen LogP contribution in [0.5, 0.6) is 0 Å². The van der Waals surface area contributed by atoms with Crippen LogP contribution in [0.1, 0.15) is 0 Å². The lowest BCUT2D eigenvalue weighted by Crippen LogP contribution is -2.12. The average Bonchev–Trinajstić information content (AvgIpc) is 3.12. The van der Waals surface area contributed by atoms with Gasteiger partial charge in [0.1, 0.15) is 5.82 Å². The highest BCUT2D eigenvalue weighted by atomic mass is 35.5. The Kier molecular flexibility index (Phi) is 4.69. The van der Waals surface area contributed by atoms with Crippen LogP contribution in [0.3, 0.4) is 0 Å². The van der Waals surface area contributed by atoms with Gasteiger partial charge in [0.2, 0.25) is 0 Å². The van der Waals surface area contributed by atoms with Crippen LogP contribution in [-0.2, 0) is 10.0 Å². The van der Waals surface area contributed by atoms with E-state index in [-0.39, 0.29) is 10.6 Å². The molecule has 0 fully saturated rings. The first-order valence-corrected chi connectivity index (χ1v) is 10.2. The molecule has 10 heteroatoms. The molecular weight excluding hydrogens is 416 g/mol. The van der Waals surface area contributed by atoms with E-state index < -0.39 is 14.9 Å². The fourth-order valence-electron chi connectivity index (χ4n) is 2.77. The Morgan fingerprint density at radius 3 is 2.34 bits per heavy atom. The Morgan fingerprint density at radius 2 is 1.69 bits per heavy atom. The van der Waals surface area contributed by atoms with Crippen molar-refractivity contribution in [3.05, 3.63) is 81.9 Å². The molecule has 0 amide bonds. The van der Waals surface area contributed by atoms with Crippen molar-refractivity contribution in [3.8, 4) is 11.4 Å². The molecule has 2 N–H and O–H groups in total. The lowest BCUT2D eigenvalue weighted by Gasteiger charge is -2.08. The number of non-ortho nitro benzene ring substituents is 1. The molecule has 0 saturated heterocycles. The fourth-order valence-corrected chi connectivity index (χ4v) is 3.96. The number of nitrogens with zero attached hydrogens (tertiary/aromatic N) is 2. The van der Waals surface area contributed by atoms with Gasteiger partial charge in [-0.2, -0.15) is 0 Å². The van der Waals surface area contributed by atoms with E-state index in [0.29, 0.717) is 33.1 Å². The van der Waals surface area contributed by atoms with E-state index in [1.54, 1.807) is 30.3 Å². The molecule has 8 nitrogen and oxygen atoms in total. The number of fused-ring (bicyclic) bond motifs is 1. The van der Waals surface area contributed by atoms with Crippen molar-refractivity contribution in [2.45, 2.75) is 4.90 Å². The van der Waals surface area contributed by atoms with Gasteiger partial charge in [-0.3, -0.25) is 14.8 Å². The second-order valence-corrected chi connectivity index (χ2v) is 8.30. The number of hydrogen-bond donors (Lipinski definition) is 2. The summed E-state index contributed by atoms with van der Waals surface area (Å²) in [6.45, 7) is 0. The number of halogens is 1. The van der Waals surface area contributed by atoms with E-state index in [1.165, 1.54) is 36.4 Å². The summed E-state index contributed by atoms with van der Waals surface area (Å²) in [5.74, 6) is 0.521. The number of anilines is 1. The van der Waals surface area contributed by atoms with Gasteiger partial charge in [-0.25, -0.2) is 13.4 Å². The summed E-state index contributed by atoms with van der Waals surface area (Å²) in [6, 6.07) is 16.9. The number of nitro groups is 1. The molecule has 29 heavy (non-hydrogen) atoms. The molecule has 0 atom stereocenters. The molecule has 0 radical (unpaired) electrons. The number of nitrogens with one attached hydrogen (secondary N) is 2. The second-order valence-electron chi connectivity index (χ2n) is 6.18. The summed E-state index contributed by atoms with van der Waals surface area (Å²) in [4.78, 5) is 18.0. The summed E-state index contributed by atoms with van der Waals surface area (Å²) in [7, 11) is -3.74. The van der Waals surface area contributed by atoms with Crippen LogP contribution >= 0.6 is 11.6 Å². The summed E-state index contributed by atoms with van der Waals surface area (Å²) < 4.78 is 27.4. The van der Waals surface area contributed by atoms with Gasteiger partial charge < -0.3 is 4.98 Å². The van der Waals surface area contributed by atoms with Crippen molar-refractivity contribution < 1.29 is 13.3 Å². The molecule has 146 valence electrons. The minimum absolute atomic E-state index is 0.0281. The first kappa shape index (κ1) is 18.9. The quantitative estimate of drug-likeness (QED) is 0.356. The average molecular weight is 429 g/mol. The first-order chi connectivity index (χ1) is 13.8. The highest BCUT2D eigenvalue weighted by molar-refractivity contribution is 7.92. The lowest BCUT2D eigenvalue weighted by molar-refractivity contribution is -0.384. The molecular formula is C19H13ClN4O4S. The highest BCUT2D eigenvalue weighted by Crippen LogP contribution is 2.25. The molecule has 0 bridgehead atoms. The van der Waals surface area contributed by atoms with Crippen LogP contribution in [0.4, 0.5) is 11.4 Å². The zero-order valence-electron chi connectivity index (χ0n) is 14.7. The topological polar surface area (TPSA) is 118 Å². The van der Waals surface area contributed by atoms with E-state index >= 15 is 0 Å². The molecule has 1 aromatic heterocycles. The van der Waals surface area contributed by atoms with Gasteiger partial charge in [-0.1, -0.05) is 11.6 Å². The maximum atomic E-state index is 12.4. The largest absolute Gasteiger partial charge is 0.338 e. The Hall–Kier alpha value is -3.43. The molecule has 3 aromatic carbocycles. The zero-order chi connectivity index (χ0) is 20.6. The van der Waals surface area contributed by atoms with Gasteiger partial charge >= 0.3 is 0 Å². The summed E-state index contributed by atoms with van der Waals surface area (Å²) in [5.41, 5.74) is 2.20. The predicted molar refractivity (Wildman–Crippen MR) is 110 cm³/mol. The number of aromatic amines is 1. The van der Waals surface area contributed by atoms with Gasteiger partial charge in [0.15, 0.2) is 0 Å². The number of aromatic nitrogens is 2. The molecule has 0 aliphatic rings. The molecule has 4 rings (SSSR count). The number of imidazole rings is 1. The Bertz CT molecular complexity index is 1320. The van der Waals surface area contributed by atoms with Crippen LogP contribution in [0.25, 0.3) is 22.4 Å². The third kappa shape index (κ3) is 3.91. The lowest BCUT2D eigenvalue weighted by atomic mass is 10.2. The minimum atomic E-state index is -3.74. The summed E-state index contributed by atoms with van der Waals surface area (Å²) in [5, 5.41) is 11.3. The van der Waals surface area contributed by atoms with E-state index in [0.717, 1.165) is 0 Å². The van der Waals surface area contributed by atoms with E-state index in [2.05, 4.69) is 14.7 Å². The maximum Gasteiger partial charge on any atom is 0.271 e. The van der Waals surface area contributed by atoms with Crippen LogP contribution in [0, 0.1) is 10.1 Å². The molecule has 1 heterocycles. The zero-order valence-corrected chi connectivity index (χ0v) is 16.2. The summed E-state index contributed by atoms with van der Waals surface area (Å²) in [6.07, 6.45) is 0. The van der Waals surface area contributed by atoms with E-state index in [4.69, 9.17) is 11.6 Å². The third-order valence-corrected chi connectivity index (χ3v) is 5.86. The van der Waals surface area contributed by atoms with Gasteiger partial charge in [0, 0.05) is 28.4 Å². The fraction of sp³-hybridized carbons (Fsp3) is 0. The maximum absolute atomic E-state index is 12.4. The summed E-state index contributed by atoms with van der Waals surface area (Å²) >= 11 is 5.79. The Labute approximate surface area is 170 Å². The van der Waals surface area contributed by atoms with Gasteiger partial charge in [-0.05, 0) is 54.6 Å². The molecule has 0 unspecified atom stereocenters. The van der Waals surface area contributed by atoms with Crippen molar-refractivity contribution in [1.82, 2.24) is 9.97 Å². The number of hydrogen-bond acceptors (Lipinski definition) is 5. The molecule has 0 spiro atoms. The van der Waals surface area contributed by atoms with Gasteiger partial charge in [0.25, 0.3) is 15.7 Å². The van der Waals surface area contributed by atoms with Gasteiger partial charge in [0.05, 0.1) is 20.9 Å². The third-order valence-electron chi connectivity index (χ3n) is 4.21. The molecule has 4 aromatic rings. The predicted octanol–water partition coefficient (Wildman–Crippen LogP) is 4.59. The minimum Gasteiger partial charge on any atom is -0.338 e. The number of sulfonamides is 1. The van der Waals surface area contributed by atoms with E-state index in [9.17, 15) is 18.5 Å². The van der Waals surface area contributed by atoms with E-state index in [1.807, 2.05) is 0 Å². The monoisotopic (exact) mass is 428 g/mol. The number of rotatable bonds is 5. The second kappa shape index (κ2) is 7.19. The number of benzene rings is 3. The van der Waals surface area contributed by atoms with Crippen LogP contribution in [0.2, 0.25) is 5.02 Å². The van der Waals surface area contributed by atoms with Crippen molar-refractivity contribution >= 4 is 44.0 Å². The van der Waals surface area contributed by atoms with Crippen molar-refractivity contribution in [2.75, 3.05) is 4.72 Å². The Morgan fingerprint density at radius 1 is 1.00 bits per heavy atom. The normalized spacial score (nSPS) is 11.5. The first-order valence-electron chi connectivity index (χ1n) is 8.35. The number of nitro benzene ring substituents is 1. The van der Waals surface area contributed by atoms with Crippen LogP contribution in [-0.4, -0.2) is 23.3 Å². The van der Waals surface area contributed by atoms with Crippen molar-refractivity contribution in [3.63, 3.8) is 0 Å². The van der Waals surface area contributed by atoms with Crippen LogP contribution < -0.4 is 4.72 Å². The Balaban J connectivity index is 1.58. The SMILES string of the molecule is O=[N+]([O-])c1ccc2nc(-c3ccc(NS(=O)(=O)c4ccc(Cl)cc4)cc3)[nH]c2c1. The molecule has 0 saturated carbocycles. The highest BCUT2D eigenvalue weighted by Gasteiger charge is 2.15. The smallest absolute Gasteiger partial charge is 0.271 e.